The number of hydrogen-bond acceptors (Lipinski definition) is 5. The van der Waals surface area contributed by atoms with E-state index in [0.717, 1.165) is 0 Å². The van der Waals surface area contributed by atoms with Crippen molar-refractivity contribution in [1.82, 2.24) is 9.88 Å². The zero-order valence-electron chi connectivity index (χ0n) is 12.8. The van der Waals surface area contributed by atoms with Crippen LogP contribution in [0.25, 0.3) is 10.9 Å². The average molecular weight is 333 g/mol. The third-order valence-corrected chi connectivity index (χ3v) is 4.20. The van der Waals surface area contributed by atoms with Crippen molar-refractivity contribution in [3.05, 3.63) is 40.1 Å². The largest absolute Gasteiger partial charge is 0.480 e. The fourth-order valence-electron chi connectivity index (χ4n) is 2.99. The van der Waals surface area contributed by atoms with Crippen LogP contribution in [-0.2, 0) is 9.53 Å². The number of methoxy groups -OCH3 is 1. The molecule has 0 aliphatic carbocycles. The van der Waals surface area contributed by atoms with Gasteiger partial charge in [0.2, 0.25) is 0 Å². The van der Waals surface area contributed by atoms with Crippen molar-refractivity contribution in [2.75, 3.05) is 13.7 Å². The molecule has 1 aliphatic rings. The number of carboxylic acids is 1. The Morgan fingerprint density at radius 3 is 2.83 bits per heavy atom. The average Bonchev–Trinajstić information content (AvgIpc) is 3.17. The number of nitrogens with one attached hydrogen (secondary N) is 1. The SMILES string of the molecule is COC1CC(C(=O)O)N(C(=O)c2cc3cccc([N+](=O)[O-])c3[nH]2)C1. The van der Waals surface area contributed by atoms with Gasteiger partial charge in [-0.1, -0.05) is 12.1 Å². The monoisotopic (exact) mass is 333 g/mol. The van der Waals surface area contributed by atoms with Crippen LogP contribution < -0.4 is 0 Å². The van der Waals surface area contributed by atoms with E-state index < -0.39 is 22.8 Å². The first-order valence-corrected chi connectivity index (χ1v) is 7.25. The number of fused-ring (bicyclic) bond motifs is 1. The fraction of sp³-hybridized carbons (Fsp3) is 0.333. The number of aliphatic carboxylic acids is 1. The normalized spacial score (nSPS) is 20.5. The number of aromatic nitrogens is 1. The molecule has 3 rings (SSSR count). The van der Waals surface area contributed by atoms with E-state index in [-0.39, 0.29) is 36.0 Å². The predicted octanol–water partition coefficient (Wildman–Crippen LogP) is 1.39. The zero-order chi connectivity index (χ0) is 17.4. The summed E-state index contributed by atoms with van der Waals surface area (Å²) in [6.07, 6.45) is -0.147. The lowest BCUT2D eigenvalue weighted by Crippen LogP contribution is -2.40. The van der Waals surface area contributed by atoms with Crippen LogP contribution in [0.15, 0.2) is 24.3 Å². The molecule has 1 saturated heterocycles. The smallest absolute Gasteiger partial charge is 0.326 e. The van der Waals surface area contributed by atoms with Crippen molar-refractivity contribution in [1.29, 1.82) is 0 Å². The molecule has 0 bridgehead atoms. The van der Waals surface area contributed by atoms with E-state index in [4.69, 9.17) is 4.74 Å². The van der Waals surface area contributed by atoms with E-state index in [1.54, 1.807) is 6.07 Å². The summed E-state index contributed by atoms with van der Waals surface area (Å²) in [4.78, 5) is 38.6. The van der Waals surface area contributed by atoms with E-state index in [9.17, 15) is 24.8 Å². The van der Waals surface area contributed by atoms with Gasteiger partial charge in [0.05, 0.1) is 11.0 Å². The second-order valence-corrected chi connectivity index (χ2v) is 5.59. The first kappa shape index (κ1) is 15.9. The number of carbonyl (C=O) groups excluding carboxylic acids is 1. The number of nitrogens with zero attached hydrogens (tertiary/aromatic N) is 2. The molecule has 9 heteroatoms. The molecule has 2 N–H and O–H groups in total. The minimum Gasteiger partial charge on any atom is -0.480 e. The Hall–Kier alpha value is -2.94. The quantitative estimate of drug-likeness (QED) is 0.643. The molecule has 0 saturated carbocycles. The van der Waals surface area contributed by atoms with Crippen molar-refractivity contribution in [3.63, 3.8) is 0 Å². The third kappa shape index (κ3) is 2.58. The van der Waals surface area contributed by atoms with Crippen LogP contribution in [0.3, 0.4) is 0 Å². The van der Waals surface area contributed by atoms with Crippen LogP contribution in [0, 0.1) is 10.1 Å². The number of para-hydroxylation sites is 1. The Morgan fingerprint density at radius 1 is 1.46 bits per heavy atom. The Bertz CT molecular complexity index is 830. The van der Waals surface area contributed by atoms with Gasteiger partial charge >= 0.3 is 5.97 Å². The van der Waals surface area contributed by atoms with Gasteiger partial charge in [-0.3, -0.25) is 14.9 Å². The number of carbonyl (C=O) groups is 2. The number of H-pyrrole nitrogens is 1. The lowest BCUT2D eigenvalue weighted by Gasteiger charge is -2.20. The Labute approximate surface area is 136 Å². The summed E-state index contributed by atoms with van der Waals surface area (Å²) < 4.78 is 5.16. The van der Waals surface area contributed by atoms with Gasteiger partial charge in [-0.05, 0) is 6.07 Å². The Morgan fingerprint density at radius 2 is 2.21 bits per heavy atom. The maximum Gasteiger partial charge on any atom is 0.326 e. The number of likely N-dealkylation sites (tertiary alicyclic amines) is 1. The summed E-state index contributed by atoms with van der Waals surface area (Å²) in [7, 11) is 1.46. The van der Waals surface area contributed by atoms with Gasteiger partial charge in [-0.2, -0.15) is 0 Å². The lowest BCUT2D eigenvalue weighted by atomic mass is 10.2. The maximum atomic E-state index is 12.7. The predicted molar refractivity (Wildman–Crippen MR) is 82.8 cm³/mol. The molecule has 1 fully saturated rings. The molecule has 9 nitrogen and oxygen atoms in total. The molecular weight excluding hydrogens is 318 g/mol. The van der Waals surface area contributed by atoms with Gasteiger partial charge in [0.15, 0.2) is 0 Å². The fourth-order valence-corrected chi connectivity index (χ4v) is 2.99. The van der Waals surface area contributed by atoms with Crippen LogP contribution in [-0.4, -0.2) is 57.6 Å². The second-order valence-electron chi connectivity index (χ2n) is 5.59. The Balaban J connectivity index is 1.98. The van der Waals surface area contributed by atoms with Crippen molar-refractivity contribution in [2.45, 2.75) is 18.6 Å². The van der Waals surface area contributed by atoms with Gasteiger partial charge < -0.3 is 19.7 Å². The number of aromatic amines is 1. The summed E-state index contributed by atoms with van der Waals surface area (Å²) in [5.74, 6) is -1.63. The molecule has 126 valence electrons. The van der Waals surface area contributed by atoms with Crippen LogP contribution >= 0.6 is 0 Å². The molecule has 2 heterocycles. The molecule has 2 atom stereocenters. The molecule has 2 unspecified atom stereocenters. The number of nitro benzene ring substituents is 1. The lowest BCUT2D eigenvalue weighted by molar-refractivity contribution is -0.383. The third-order valence-electron chi connectivity index (χ3n) is 4.20. The van der Waals surface area contributed by atoms with E-state index in [0.29, 0.717) is 5.39 Å². The number of ether oxygens (including phenoxy) is 1. The van der Waals surface area contributed by atoms with E-state index in [2.05, 4.69) is 4.98 Å². The molecule has 1 aromatic carbocycles. The maximum absolute atomic E-state index is 12.7. The minimum absolute atomic E-state index is 0.113. The molecule has 1 aliphatic heterocycles. The number of rotatable bonds is 4. The number of hydrogen-bond donors (Lipinski definition) is 2. The molecule has 24 heavy (non-hydrogen) atoms. The standard InChI is InChI=1S/C15H15N3O6/c1-24-9-6-12(15(20)21)17(7-9)14(19)10-5-8-3-2-4-11(18(22)23)13(8)16-10/h2-5,9,12,16H,6-7H2,1H3,(H,20,21). The highest BCUT2D eigenvalue weighted by Crippen LogP contribution is 2.28. The number of non-ortho nitro benzene ring substituents is 1. The van der Waals surface area contributed by atoms with Crippen molar-refractivity contribution < 1.29 is 24.4 Å². The number of amides is 1. The molecule has 1 aromatic heterocycles. The Kier molecular flexibility index (Phi) is 3.94. The van der Waals surface area contributed by atoms with Crippen LogP contribution in [0.1, 0.15) is 16.9 Å². The summed E-state index contributed by atoms with van der Waals surface area (Å²) in [5, 5.41) is 20.9. The number of carboxylic acid groups (broad SMARTS) is 1. The molecule has 2 aromatic rings. The van der Waals surface area contributed by atoms with Gasteiger partial charge in [-0.15, -0.1) is 0 Å². The van der Waals surface area contributed by atoms with Crippen molar-refractivity contribution >= 4 is 28.5 Å². The van der Waals surface area contributed by atoms with E-state index >= 15 is 0 Å². The molecule has 0 spiro atoms. The summed E-state index contributed by atoms with van der Waals surface area (Å²) in [6.45, 7) is 0.157. The molecular formula is C15H15N3O6. The summed E-state index contributed by atoms with van der Waals surface area (Å²) >= 11 is 0. The highest BCUT2D eigenvalue weighted by molar-refractivity contribution is 6.01. The molecule has 0 radical (unpaired) electrons. The van der Waals surface area contributed by atoms with E-state index in [1.807, 2.05) is 0 Å². The van der Waals surface area contributed by atoms with Gasteiger partial charge in [0.1, 0.15) is 17.3 Å². The first-order chi connectivity index (χ1) is 11.4. The summed E-state index contributed by atoms with van der Waals surface area (Å²) in [6, 6.07) is 5.02. The van der Waals surface area contributed by atoms with Gasteiger partial charge in [0.25, 0.3) is 11.6 Å². The zero-order valence-corrected chi connectivity index (χ0v) is 12.8. The van der Waals surface area contributed by atoms with Crippen molar-refractivity contribution in [3.8, 4) is 0 Å². The molecule has 1 amide bonds. The van der Waals surface area contributed by atoms with Crippen molar-refractivity contribution in [2.24, 2.45) is 0 Å². The first-order valence-electron chi connectivity index (χ1n) is 7.25. The van der Waals surface area contributed by atoms with Crippen LogP contribution in [0.2, 0.25) is 0 Å². The van der Waals surface area contributed by atoms with E-state index in [1.165, 1.54) is 30.2 Å². The number of benzene rings is 1. The van der Waals surface area contributed by atoms with Gasteiger partial charge in [0, 0.05) is 31.5 Å². The number of nitro groups is 1. The topological polar surface area (TPSA) is 126 Å². The second kappa shape index (κ2) is 5.93. The van der Waals surface area contributed by atoms with Crippen LogP contribution in [0.4, 0.5) is 5.69 Å². The highest BCUT2D eigenvalue weighted by Gasteiger charge is 2.40. The summed E-state index contributed by atoms with van der Waals surface area (Å²) in [5.41, 5.74) is 0.208. The highest BCUT2D eigenvalue weighted by atomic mass is 16.6. The minimum atomic E-state index is -1.11. The van der Waals surface area contributed by atoms with Gasteiger partial charge in [-0.25, -0.2) is 4.79 Å². The van der Waals surface area contributed by atoms with Crippen LogP contribution in [0.5, 0.6) is 0 Å².